The summed E-state index contributed by atoms with van der Waals surface area (Å²) in [5, 5.41) is 3.61. The standard InChI is InChI=1S/C16H31N3O3/c1-15(2)13(9-16(15,3)21-6)18-14(17-4)19-7-8-22-12(10-19)11-20-5/h12-13H,7-11H2,1-6H3,(H,17,18). The zero-order valence-electron chi connectivity index (χ0n) is 14.8. The quantitative estimate of drug-likeness (QED) is 0.622. The summed E-state index contributed by atoms with van der Waals surface area (Å²) < 4.78 is 16.6. The van der Waals surface area contributed by atoms with Gasteiger partial charge in [-0.3, -0.25) is 4.99 Å². The maximum absolute atomic E-state index is 5.71. The van der Waals surface area contributed by atoms with Crippen LogP contribution in [0.5, 0.6) is 0 Å². The van der Waals surface area contributed by atoms with Gasteiger partial charge in [0.2, 0.25) is 0 Å². The summed E-state index contributed by atoms with van der Waals surface area (Å²) >= 11 is 0. The van der Waals surface area contributed by atoms with Gasteiger partial charge in [0.15, 0.2) is 5.96 Å². The highest BCUT2D eigenvalue weighted by atomic mass is 16.5. The van der Waals surface area contributed by atoms with Gasteiger partial charge in [0, 0.05) is 45.8 Å². The van der Waals surface area contributed by atoms with E-state index in [4.69, 9.17) is 14.2 Å². The largest absolute Gasteiger partial charge is 0.382 e. The van der Waals surface area contributed by atoms with Crippen molar-refractivity contribution < 1.29 is 14.2 Å². The number of morpholine rings is 1. The predicted octanol–water partition coefficient (Wildman–Crippen LogP) is 1.11. The van der Waals surface area contributed by atoms with E-state index in [0.717, 1.165) is 25.5 Å². The van der Waals surface area contributed by atoms with Crippen LogP contribution >= 0.6 is 0 Å². The molecule has 0 aromatic rings. The third-order valence-electron chi connectivity index (χ3n) is 5.58. The second-order valence-electron chi connectivity index (χ2n) is 7.00. The van der Waals surface area contributed by atoms with Crippen molar-refractivity contribution in [2.24, 2.45) is 10.4 Å². The first-order valence-corrected chi connectivity index (χ1v) is 8.02. The molecule has 6 heteroatoms. The summed E-state index contributed by atoms with van der Waals surface area (Å²) in [6, 6.07) is 0.361. The van der Waals surface area contributed by atoms with Crippen LogP contribution in [-0.4, -0.2) is 76.2 Å². The minimum Gasteiger partial charge on any atom is -0.382 e. The van der Waals surface area contributed by atoms with Gasteiger partial charge in [-0.2, -0.15) is 0 Å². The Labute approximate surface area is 134 Å². The molecule has 1 saturated heterocycles. The third kappa shape index (κ3) is 3.09. The second-order valence-corrected chi connectivity index (χ2v) is 7.00. The fourth-order valence-corrected chi connectivity index (χ4v) is 3.37. The molecular weight excluding hydrogens is 282 g/mol. The number of nitrogens with one attached hydrogen (secondary N) is 1. The van der Waals surface area contributed by atoms with E-state index in [0.29, 0.717) is 19.3 Å². The molecule has 3 atom stereocenters. The van der Waals surface area contributed by atoms with Crippen LogP contribution in [0.25, 0.3) is 0 Å². The van der Waals surface area contributed by atoms with E-state index in [2.05, 4.69) is 36.0 Å². The molecule has 0 bridgehead atoms. The number of nitrogens with zero attached hydrogens (tertiary/aromatic N) is 2. The highest BCUT2D eigenvalue weighted by molar-refractivity contribution is 5.80. The summed E-state index contributed by atoms with van der Waals surface area (Å²) in [6.45, 7) is 9.66. The summed E-state index contributed by atoms with van der Waals surface area (Å²) in [5.41, 5.74) is -0.0109. The lowest BCUT2D eigenvalue weighted by molar-refractivity contribution is -0.177. The molecule has 2 rings (SSSR count). The summed E-state index contributed by atoms with van der Waals surface area (Å²) in [7, 11) is 5.34. The van der Waals surface area contributed by atoms with Gasteiger partial charge in [0.25, 0.3) is 0 Å². The highest BCUT2D eigenvalue weighted by Gasteiger charge is 2.58. The normalized spacial score (nSPS) is 35.2. The van der Waals surface area contributed by atoms with Crippen LogP contribution < -0.4 is 5.32 Å². The molecule has 0 aromatic heterocycles. The number of hydrogen-bond acceptors (Lipinski definition) is 4. The Balaban J connectivity index is 1.96. The van der Waals surface area contributed by atoms with Gasteiger partial charge in [-0.25, -0.2) is 0 Å². The molecule has 2 aliphatic rings. The monoisotopic (exact) mass is 313 g/mol. The summed E-state index contributed by atoms with van der Waals surface area (Å²) in [4.78, 5) is 6.72. The van der Waals surface area contributed by atoms with E-state index < -0.39 is 0 Å². The molecule has 6 nitrogen and oxygen atoms in total. The predicted molar refractivity (Wildman–Crippen MR) is 87.3 cm³/mol. The molecule has 1 heterocycles. The Morgan fingerprint density at radius 1 is 1.36 bits per heavy atom. The van der Waals surface area contributed by atoms with Crippen molar-refractivity contribution in [2.75, 3.05) is 47.6 Å². The highest BCUT2D eigenvalue weighted by Crippen LogP contribution is 2.51. The minimum atomic E-state index is -0.0763. The van der Waals surface area contributed by atoms with E-state index in [9.17, 15) is 0 Å². The van der Waals surface area contributed by atoms with E-state index in [1.807, 2.05) is 7.05 Å². The van der Waals surface area contributed by atoms with Gasteiger partial charge >= 0.3 is 0 Å². The average Bonchev–Trinajstić information content (AvgIpc) is 2.51. The topological polar surface area (TPSA) is 55.3 Å². The zero-order valence-corrected chi connectivity index (χ0v) is 14.8. The van der Waals surface area contributed by atoms with Crippen molar-refractivity contribution in [3.8, 4) is 0 Å². The molecule has 1 N–H and O–H groups in total. The Morgan fingerprint density at radius 3 is 2.64 bits per heavy atom. The maximum Gasteiger partial charge on any atom is 0.194 e. The molecule has 3 unspecified atom stereocenters. The van der Waals surface area contributed by atoms with Gasteiger partial charge in [0.05, 0.1) is 24.9 Å². The Kier molecular flexibility index (Phi) is 5.35. The molecule has 1 aliphatic heterocycles. The fourth-order valence-electron chi connectivity index (χ4n) is 3.37. The Bertz CT molecular complexity index is 411. The Hall–Kier alpha value is -0.850. The van der Waals surface area contributed by atoms with Gasteiger partial charge in [-0.15, -0.1) is 0 Å². The average molecular weight is 313 g/mol. The minimum absolute atomic E-state index is 0.0654. The first-order chi connectivity index (χ1) is 10.4. The SMILES string of the molecule is CN=C(NC1CC(C)(OC)C1(C)C)N1CCOC(COC)C1. The van der Waals surface area contributed by atoms with Crippen LogP contribution in [0.15, 0.2) is 4.99 Å². The van der Waals surface area contributed by atoms with E-state index in [1.165, 1.54) is 0 Å². The van der Waals surface area contributed by atoms with Crippen LogP contribution in [0.4, 0.5) is 0 Å². The number of ether oxygens (including phenoxy) is 3. The molecule has 0 radical (unpaired) electrons. The molecule has 1 saturated carbocycles. The molecule has 0 spiro atoms. The van der Waals surface area contributed by atoms with Gasteiger partial charge in [-0.1, -0.05) is 13.8 Å². The lowest BCUT2D eigenvalue weighted by Gasteiger charge is -2.59. The third-order valence-corrected chi connectivity index (χ3v) is 5.58. The van der Waals surface area contributed by atoms with E-state index in [-0.39, 0.29) is 17.1 Å². The van der Waals surface area contributed by atoms with Crippen molar-refractivity contribution in [3.63, 3.8) is 0 Å². The van der Waals surface area contributed by atoms with Crippen LogP contribution in [0.2, 0.25) is 0 Å². The molecule has 0 amide bonds. The summed E-state index contributed by atoms with van der Waals surface area (Å²) in [6.07, 6.45) is 1.09. The van der Waals surface area contributed by atoms with E-state index >= 15 is 0 Å². The van der Waals surface area contributed by atoms with Crippen LogP contribution in [0, 0.1) is 5.41 Å². The van der Waals surface area contributed by atoms with Crippen molar-refractivity contribution in [2.45, 2.75) is 44.9 Å². The molecule has 1 aliphatic carbocycles. The van der Waals surface area contributed by atoms with Crippen molar-refractivity contribution in [1.82, 2.24) is 10.2 Å². The molecule has 0 aromatic carbocycles. The molecule has 128 valence electrons. The van der Waals surface area contributed by atoms with Crippen LogP contribution in [-0.2, 0) is 14.2 Å². The van der Waals surface area contributed by atoms with Crippen LogP contribution in [0.3, 0.4) is 0 Å². The number of methoxy groups -OCH3 is 2. The fraction of sp³-hybridized carbons (Fsp3) is 0.938. The van der Waals surface area contributed by atoms with Gasteiger partial charge in [0.1, 0.15) is 0 Å². The number of rotatable bonds is 4. The van der Waals surface area contributed by atoms with Crippen molar-refractivity contribution in [1.29, 1.82) is 0 Å². The lowest BCUT2D eigenvalue weighted by Crippen LogP contribution is -2.70. The first-order valence-electron chi connectivity index (χ1n) is 8.02. The molecular formula is C16H31N3O3. The van der Waals surface area contributed by atoms with Gasteiger partial charge < -0.3 is 24.4 Å². The lowest BCUT2D eigenvalue weighted by atomic mass is 9.56. The first kappa shape index (κ1) is 17.5. The van der Waals surface area contributed by atoms with Crippen molar-refractivity contribution in [3.05, 3.63) is 0 Å². The van der Waals surface area contributed by atoms with Gasteiger partial charge in [-0.05, 0) is 13.3 Å². The number of guanidine groups is 1. The number of hydrogen-bond donors (Lipinski definition) is 1. The zero-order chi connectivity index (χ0) is 16.4. The maximum atomic E-state index is 5.71. The Morgan fingerprint density at radius 2 is 2.09 bits per heavy atom. The number of aliphatic imine (C=N–C) groups is 1. The molecule has 22 heavy (non-hydrogen) atoms. The summed E-state index contributed by atoms with van der Waals surface area (Å²) in [5.74, 6) is 0.945. The van der Waals surface area contributed by atoms with Crippen molar-refractivity contribution >= 4 is 5.96 Å². The smallest absolute Gasteiger partial charge is 0.194 e. The second kappa shape index (κ2) is 6.72. The molecule has 2 fully saturated rings. The van der Waals surface area contributed by atoms with E-state index in [1.54, 1.807) is 14.2 Å². The van der Waals surface area contributed by atoms with Crippen LogP contribution in [0.1, 0.15) is 27.2 Å².